The minimum absolute atomic E-state index is 0.0237. The number of amides is 2. The van der Waals surface area contributed by atoms with Crippen molar-refractivity contribution in [3.8, 4) is 0 Å². The maximum absolute atomic E-state index is 12.1. The number of carbonyl (C=O) groups excluding carboxylic acids is 3. The second kappa shape index (κ2) is 10.5. The van der Waals surface area contributed by atoms with Gasteiger partial charge in [0.1, 0.15) is 12.6 Å². The lowest BCUT2D eigenvalue weighted by molar-refractivity contribution is -0.145. The van der Waals surface area contributed by atoms with Crippen molar-refractivity contribution in [2.75, 3.05) is 0 Å². The number of nitrogens with two attached hydrogens (primary N) is 2. The molecule has 3 atom stereocenters. The zero-order valence-corrected chi connectivity index (χ0v) is 14.7. The lowest BCUT2D eigenvalue weighted by Crippen LogP contribution is -2.52. The van der Waals surface area contributed by atoms with Crippen molar-refractivity contribution >= 4 is 17.8 Å². The molecule has 0 aromatic heterocycles. The van der Waals surface area contributed by atoms with E-state index >= 15 is 0 Å². The van der Waals surface area contributed by atoms with Gasteiger partial charge >= 0.3 is 5.97 Å². The lowest BCUT2D eigenvalue weighted by atomic mass is 9.99. The quantitative estimate of drug-likeness (QED) is 0.540. The van der Waals surface area contributed by atoms with Gasteiger partial charge in [-0.15, -0.1) is 0 Å². The van der Waals surface area contributed by atoms with E-state index < -0.39 is 29.9 Å². The van der Waals surface area contributed by atoms with Crippen LogP contribution in [0.5, 0.6) is 0 Å². The molecule has 0 heterocycles. The molecule has 0 saturated heterocycles. The molecular formula is C18H27N3O4. The van der Waals surface area contributed by atoms with E-state index in [-0.39, 0.29) is 25.4 Å². The largest absolute Gasteiger partial charge is 0.461 e. The number of primary amides is 1. The molecule has 0 aliphatic carbocycles. The third kappa shape index (κ3) is 7.34. The summed E-state index contributed by atoms with van der Waals surface area (Å²) < 4.78 is 5.14. The van der Waals surface area contributed by atoms with Crippen LogP contribution in [0.4, 0.5) is 0 Å². The molecule has 1 rings (SSSR count). The molecule has 0 radical (unpaired) electrons. The van der Waals surface area contributed by atoms with Crippen molar-refractivity contribution in [2.24, 2.45) is 17.4 Å². The Morgan fingerprint density at radius 2 is 1.84 bits per heavy atom. The number of nitrogens with one attached hydrogen (secondary N) is 1. The van der Waals surface area contributed by atoms with E-state index in [1.165, 1.54) is 0 Å². The zero-order chi connectivity index (χ0) is 18.8. The third-order valence-corrected chi connectivity index (χ3v) is 4.10. The molecule has 0 bridgehead atoms. The number of benzene rings is 1. The Balaban J connectivity index is 2.45. The number of carbonyl (C=O) groups is 3. The number of hydrogen-bond donors (Lipinski definition) is 3. The Morgan fingerprint density at radius 3 is 2.40 bits per heavy atom. The summed E-state index contributed by atoms with van der Waals surface area (Å²) in [6.07, 6.45) is 0.781. The molecule has 0 saturated carbocycles. The van der Waals surface area contributed by atoms with Gasteiger partial charge in [-0.3, -0.25) is 14.4 Å². The highest BCUT2D eigenvalue weighted by Crippen LogP contribution is 2.08. The van der Waals surface area contributed by atoms with Crippen LogP contribution in [0.25, 0.3) is 0 Å². The topological polar surface area (TPSA) is 125 Å². The molecule has 7 heteroatoms. The Morgan fingerprint density at radius 1 is 1.20 bits per heavy atom. The zero-order valence-electron chi connectivity index (χ0n) is 14.7. The average molecular weight is 349 g/mol. The van der Waals surface area contributed by atoms with E-state index in [0.29, 0.717) is 0 Å². The van der Waals surface area contributed by atoms with Gasteiger partial charge in [0.2, 0.25) is 11.8 Å². The molecule has 1 aromatic rings. The van der Waals surface area contributed by atoms with Gasteiger partial charge in [0.15, 0.2) is 0 Å². The van der Waals surface area contributed by atoms with Gasteiger partial charge < -0.3 is 21.5 Å². The van der Waals surface area contributed by atoms with Crippen molar-refractivity contribution in [3.63, 3.8) is 0 Å². The number of hydrogen-bond acceptors (Lipinski definition) is 5. The van der Waals surface area contributed by atoms with Gasteiger partial charge in [-0.2, -0.15) is 0 Å². The first-order chi connectivity index (χ1) is 11.8. The smallest absolute Gasteiger partial charge is 0.306 e. The fraction of sp³-hybridized carbons (Fsp3) is 0.500. The molecule has 5 N–H and O–H groups in total. The summed E-state index contributed by atoms with van der Waals surface area (Å²) in [7, 11) is 0. The molecular weight excluding hydrogens is 322 g/mol. The standard InChI is InChI=1S/C18H27N3O4/c1-3-12(2)16(19)18(24)21-14(17(20)23)9-10-15(22)25-11-13-7-5-4-6-8-13/h4-8,12,14,16H,3,9-11,19H2,1-2H3,(H2,20,23)(H,21,24)/t12-,14+,16+/m1/s1. The molecule has 25 heavy (non-hydrogen) atoms. The van der Waals surface area contributed by atoms with Gasteiger partial charge in [0.05, 0.1) is 6.04 Å². The Bertz CT molecular complexity index is 577. The van der Waals surface area contributed by atoms with Crippen LogP contribution in [-0.2, 0) is 25.7 Å². The predicted octanol–water partition coefficient (Wildman–Crippen LogP) is 0.854. The molecule has 138 valence electrons. The molecule has 0 aliphatic heterocycles. The summed E-state index contributed by atoms with van der Waals surface area (Å²) in [5, 5.41) is 2.51. The van der Waals surface area contributed by atoms with Crippen LogP contribution in [0.15, 0.2) is 30.3 Å². The van der Waals surface area contributed by atoms with Crippen LogP contribution in [0, 0.1) is 5.92 Å². The van der Waals surface area contributed by atoms with E-state index in [1.807, 2.05) is 44.2 Å². The Labute approximate surface area is 148 Å². The lowest BCUT2D eigenvalue weighted by Gasteiger charge is -2.21. The highest BCUT2D eigenvalue weighted by atomic mass is 16.5. The highest BCUT2D eigenvalue weighted by Gasteiger charge is 2.25. The summed E-state index contributed by atoms with van der Waals surface area (Å²) in [4.78, 5) is 35.4. The van der Waals surface area contributed by atoms with Crippen molar-refractivity contribution in [1.29, 1.82) is 0 Å². The van der Waals surface area contributed by atoms with Crippen LogP contribution in [0.1, 0.15) is 38.7 Å². The minimum atomic E-state index is -0.952. The SMILES string of the molecule is CC[C@@H](C)[C@H](N)C(=O)N[C@@H](CCC(=O)OCc1ccccc1)C(N)=O. The van der Waals surface area contributed by atoms with Crippen LogP contribution in [0.3, 0.4) is 0 Å². The van der Waals surface area contributed by atoms with Crippen LogP contribution < -0.4 is 16.8 Å². The number of rotatable bonds is 10. The van der Waals surface area contributed by atoms with Crippen molar-refractivity contribution < 1.29 is 19.1 Å². The highest BCUT2D eigenvalue weighted by molar-refractivity contribution is 5.89. The number of ether oxygens (including phenoxy) is 1. The van der Waals surface area contributed by atoms with E-state index in [9.17, 15) is 14.4 Å². The van der Waals surface area contributed by atoms with Crippen LogP contribution in [0.2, 0.25) is 0 Å². The van der Waals surface area contributed by atoms with Crippen LogP contribution in [-0.4, -0.2) is 29.9 Å². The van der Waals surface area contributed by atoms with E-state index in [2.05, 4.69) is 5.32 Å². The first-order valence-corrected chi connectivity index (χ1v) is 8.40. The van der Waals surface area contributed by atoms with E-state index in [4.69, 9.17) is 16.2 Å². The first-order valence-electron chi connectivity index (χ1n) is 8.40. The number of esters is 1. The molecule has 0 spiro atoms. The van der Waals surface area contributed by atoms with Crippen molar-refractivity contribution in [3.05, 3.63) is 35.9 Å². The summed E-state index contributed by atoms with van der Waals surface area (Å²) in [6.45, 7) is 3.93. The van der Waals surface area contributed by atoms with Gasteiger partial charge in [-0.05, 0) is 17.9 Å². The van der Waals surface area contributed by atoms with Crippen molar-refractivity contribution in [1.82, 2.24) is 5.32 Å². The second-order valence-electron chi connectivity index (χ2n) is 6.06. The molecule has 2 amide bonds. The summed E-state index contributed by atoms with van der Waals surface area (Å²) in [5.74, 6) is -1.64. The maximum Gasteiger partial charge on any atom is 0.306 e. The third-order valence-electron chi connectivity index (χ3n) is 4.10. The van der Waals surface area contributed by atoms with Gasteiger partial charge in [-0.1, -0.05) is 50.6 Å². The molecule has 0 unspecified atom stereocenters. The molecule has 0 fully saturated rings. The Hall–Kier alpha value is -2.41. The van der Waals surface area contributed by atoms with Gasteiger partial charge in [0.25, 0.3) is 0 Å². The fourth-order valence-electron chi connectivity index (χ4n) is 2.14. The van der Waals surface area contributed by atoms with Crippen LogP contribution >= 0.6 is 0 Å². The molecule has 7 nitrogen and oxygen atoms in total. The summed E-state index contributed by atoms with van der Waals surface area (Å²) >= 11 is 0. The monoisotopic (exact) mass is 349 g/mol. The first kappa shape index (κ1) is 20.6. The van der Waals surface area contributed by atoms with E-state index in [0.717, 1.165) is 12.0 Å². The normalized spacial score (nSPS) is 14.2. The maximum atomic E-state index is 12.1. The predicted molar refractivity (Wildman–Crippen MR) is 94.0 cm³/mol. The van der Waals surface area contributed by atoms with Gasteiger partial charge in [-0.25, -0.2) is 0 Å². The molecule has 1 aromatic carbocycles. The second-order valence-corrected chi connectivity index (χ2v) is 6.06. The average Bonchev–Trinajstić information content (AvgIpc) is 2.62. The van der Waals surface area contributed by atoms with Crippen molar-refractivity contribution in [2.45, 2.75) is 51.8 Å². The van der Waals surface area contributed by atoms with Gasteiger partial charge in [0, 0.05) is 6.42 Å². The summed E-state index contributed by atoms with van der Waals surface area (Å²) in [5.41, 5.74) is 12.0. The van der Waals surface area contributed by atoms with E-state index in [1.54, 1.807) is 0 Å². The molecule has 0 aliphatic rings. The Kier molecular flexibility index (Phi) is 8.63. The minimum Gasteiger partial charge on any atom is -0.461 e. The summed E-state index contributed by atoms with van der Waals surface area (Å²) in [6, 6.07) is 7.58. The fourth-order valence-corrected chi connectivity index (χ4v) is 2.14.